The molecule has 10 heavy (non-hydrogen) atoms. The van der Waals surface area contributed by atoms with Gasteiger partial charge in [-0.2, -0.15) is 0 Å². The Morgan fingerprint density at radius 1 is 1.40 bits per heavy atom. The van der Waals surface area contributed by atoms with E-state index in [1.54, 1.807) is 0 Å². The predicted octanol–water partition coefficient (Wildman–Crippen LogP) is 1.10. The van der Waals surface area contributed by atoms with Crippen LogP contribution < -0.4 is 0 Å². The Bertz CT molecular complexity index is 75.7. The number of aliphatic hydroxyl groups excluding tert-OH is 1. The van der Waals surface area contributed by atoms with Crippen LogP contribution in [-0.4, -0.2) is 36.2 Å². The molecule has 0 saturated heterocycles. The Kier molecular flexibility index (Phi) is 5.64. The molecule has 0 aromatic carbocycles. The zero-order valence-corrected chi connectivity index (χ0v) is 7.30. The van der Waals surface area contributed by atoms with E-state index in [1.807, 2.05) is 14.0 Å². The molecule has 1 atom stereocenters. The molecule has 0 aliphatic carbocycles. The first-order valence-corrected chi connectivity index (χ1v) is 4.07. The molecule has 2 heteroatoms. The average molecular weight is 145 g/mol. The number of hydrogen-bond donors (Lipinski definition) is 1. The summed E-state index contributed by atoms with van der Waals surface area (Å²) in [5, 5.41) is 9.21. The highest BCUT2D eigenvalue weighted by Crippen LogP contribution is 1.94. The van der Waals surface area contributed by atoms with Crippen molar-refractivity contribution in [3.63, 3.8) is 0 Å². The van der Waals surface area contributed by atoms with E-state index in [1.165, 1.54) is 0 Å². The Morgan fingerprint density at radius 2 is 2.00 bits per heavy atom. The minimum absolute atomic E-state index is 0.142. The third-order valence-electron chi connectivity index (χ3n) is 1.60. The smallest absolute Gasteiger partial charge is 0.0664 e. The summed E-state index contributed by atoms with van der Waals surface area (Å²) in [5.74, 6) is 0. The topological polar surface area (TPSA) is 23.5 Å². The lowest BCUT2D eigenvalue weighted by Crippen LogP contribution is -2.29. The molecule has 0 heterocycles. The van der Waals surface area contributed by atoms with Gasteiger partial charge in [-0.3, -0.25) is 0 Å². The molecule has 0 aliphatic heterocycles. The molecular formula is C8H19NO. The molecule has 0 bridgehead atoms. The van der Waals surface area contributed by atoms with E-state index in [0.717, 1.165) is 25.9 Å². The lowest BCUT2D eigenvalue weighted by molar-refractivity contribution is 0.122. The third-order valence-corrected chi connectivity index (χ3v) is 1.60. The summed E-state index contributed by atoms with van der Waals surface area (Å²) >= 11 is 0. The highest BCUT2D eigenvalue weighted by Gasteiger charge is 2.03. The van der Waals surface area contributed by atoms with E-state index < -0.39 is 0 Å². The standard InChI is InChI=1S/C8H19NO/c1-4-6-9(3)7-8(10)5-2/h8,10H,4-7H2,1-3H3. The van der Waals surface area contributed by atoms with Gasteiger partial charge >= 0.3 is 0 Å². The van der Waals surface area contributed by atoms with Crippen LogP contribution in [0.5, 0.6) is 0 Å². The number of hydrogen-bond acceptors (Lipinski definition) is 2. The van der Waals surface area contributed by atoms with Gasteiger partial charge in [-0.25, -0.2) is 0 Å². The average Bonchev–Trinajstić information content (AvgIpc) is 1.88. The second kappa shape index (κ2) is 5.69. The van der Waals surface area contributed by atoms with Crippen LogP contribution >= 0.6 is 0 Å². The van der Waals surface area contributed by atoms with Crippen LogP contribution in [0, 0.1) is 0 Å². The van der Waals surface area contributed by atoms with E-state index in [2.05, 4.69) is 11.8 Å². The van der Waals surface area contributed by atoms with Gasteiger partial charge in [0.15, 0.2) is 0 Å². The van der Waals surface area contributed by atoms with E-state index in [0.29, 0.717) is 0 Å². The van der Waals surface area contributed by atoms with Crippen molar-refractivity contribution >= 4 is 0 Å². The molecule has 0 radical (unpaired) electrons. The van der Waals surface area contributed by atoms with Crippen molar-refractivity contribution in [1.82, 2.24) is 4.90 Å². The van der Waals surface area contributed by atoms with Crippen molar-refractivity contribution in [2.75, 3.05) is 20.1 Å². The maximum absolute atomic E-state index is 9.21. The summed E-state index contributed by atoms with van der Waals surface area (Å²) in [4.78, 5) is 2.16. The Balaban J connectivity index is 3.27. The maximum Gasteiger partial charge on any atom is 0.0664 e. The number of rotatable bonds is 5. The highest BCUT2D eigenvalue weighted by molar-refractivity contribution is 4.57. The van der Waals surface area contributed by atoms with Gasteiger partial charge < -0.3 is 10.0 Å². The summed E-state index contributed by atoms with van der Waals surface area (Å²) < 4.78 is 0. The van der Waals surface area contributed by atoms with Crippen LogP contribution in [0.2, 0.25) is 0 Å². The van der Waals surface area contributed by atoms with Crippen molar-refractivity contribution in [2.45, 2.75) is 32.8 Å². The van der Waals surface area contributed by atoms with Gasteiger partial charge in [-0.15, -0.1) is 0 Å². The fourth-order valence-corrected chi connectivity index (χ4v) is 0.962. The monoisotopic (exact) mass is 145 g/mol. The molecular weight excluding hydrogens is 126 g/mol. The molecule has 1 N–H and O–H groups in total. The summed E-state index contributed by atoms with van der Waals surface area (Å²) in [5.41, 5.74) is 0. The molecule has 0 amide bonds. The molecule has 0 rings (SSSR count). The molecule has 0 spiro atoms. The van der Waals surface area contributed by atoms with E-state index >= 15 is 0 Å². The minimum Gasteiger partial charge on any atom is -0.392 e. The summed E-state index contributed by atoms with van der Waals surface area (Å²) in [6.07, 6.45) is 1.87. The van der Waals surface area contributed by atoms with Gasteiger partial charge in [0.1, 0.15) is 0 Å². The predicted molar refractivity (Wildman–Crippen MR) is 44.1 cm³/mol. The van der Waals surface area contributed by atoms with Crippen LogP contribution in [0.1, 0.15) is 26.7 Å². The largest absolute Gasteiger partial charge is 0.392 e. The van der Waals surface area contributed by atoms with Crippen molar-refractivity contribution < 1.29 is 5.11 Å². The van der Waals surface area contributed by atoms with Gasteiger partial charge in [-0.05, 0) is 26.4 Å². The first-order chi connectivity index (χ1) is 4.70. The molecule has 62 valence electrons. The quantitative estimate of drug-likeness (QED) is 0.626. The van der Waals surface area contributed by atoms with E-state index in [4.69, 9.17) is 0 Å². The first kappa shape index (κ1) is 9.92. The SMILES string of the molecule is CCCN(C)CC(O)CC. The fourth-order valence-electron chi connectivity index (χ4n) is 0.962. The number of nitrogens with zero attached hydrogens (tertiary/aromatic N) is 1. The molecule has 2 nitrogen and oxygen atoms in total. The zero-order chi connectivity index (χ0) is 7.98. The van der Waals surface area contributed by atoms with E-state index in [-0.39, 0.29) is 6.10 Å². The van der Waals surface area contributed by atoms with Crippen LogP contribution in [0.4, 0.5) is 0 Å². The molecule has 0 aliphatic rings. The molecule has 0 aromatic rings. The fraction of sp³-hybridized carbons (Fsp3) is 1.00. The number of likely N-dealkylation sites (N-methyl/N-ethyl adjacent to an activating group) is 1. The van der Waals surface area contributed by atoms with E-state index in [9.17, 15) is 5.11 Å². The molecule has 0 aromatic heterocycles. The summed E-state index contributed by atoms with van der Waals surface area (Å²) in [7, 11) is 2.04. The minimum atomic E-state index is -0.142. The third kappa shape index (κ3) is 4.77. The Hall–Kier alpha value is -0.0800. The molecule has 0 saturated carbocycles. The zero-order valence-electron chi connectivity index (χ0n) is 7.30. The molecule has 0 fully saturated rings. The van der Waals surface area contributed by atoms with Gasteiger partial charge in [0.2, 0.25) is 0 Å². The first-order valence-electron chi connectivity index (χ1n) is 4.07. The highest BCUT2D eigenvalue weighted by atomic mass is 16.3. The van der Waals surface area contributed by atoms with Crippen molar-refractivity contribution in [3.05, 3.63) is 0 Å². The van der Waals surface area contributed by atoms with Crippen LogP contribution in [0.25, 0.3) is 0 Å². The van der Waals surface area contributed by atoms with Gasteiger partial charge in [0, 0.05) is 6.54 Å². The van der Waals surface area contributed by atoms with Gasteiger partial charge in [0.05, 0.1) is 6.10 Å². The second-order valence-electron chi connectivity index (χ2n) is 2.82. The normalized spacial score (nSPS) is 14.1. The van der Waals surface area contributed by atoms with Crippen LogP contribution in [-0.2, 0) is 0 Å². The maximum atomic E-state index is 9.21. The van der Waals surface area contributed by atoms with Crippen LogP contribution in [0.3, 0.4) is 0 Å². The van der Waals surface area contributed by atoms with Crippen LogP contribution in [0.15, 0.2) is 0 Å². The number of aliphatic hydroxyl groups is 1. The Labute approximate surface area is 63.8 Å². The summed E-state index contributed by atoms with van der Waals surface area (Å²) in [6, 6.07) is 0. The molecule has 1 unspecified atom stereocenters. The van der Waals surface area contributed by atoms with Crippen molar-refractivity contribution in [3.8, 4) is 0 Å². The summed E-state index contributed by atoms with van der Waals surface area (Å²) in [6.45, 7) is 6.04. The van der Waals surface area contributed by atoms with Gasteiger partial charge in [0.25, 0.3) is 0 Å². The Morgan fingerprint density at radius 3 is 2.40 bits per heavy atom. The van der Waals surface area contributed by atoms with Crippen molar-refractivity contribution in [2.24, 2.45) is 0 Å². The van der Waals surface area contributed by atoms with Gasteiger partial charge in [-0.1, -0.05) is 13.8 Å². The lowest BCUT2D eigenvalue weighted by Gasteiger charge is -2.18. The lowest BCUT2D eigenvalue weighted by atomic mass is 10.2. The van der Waals surface area contributed by atoms with Crippen molar-refractivity contribution in [1.29, 1.82) is 0 Å². The second-order valence-corrected chi connectivity index (χ2v) is 2.82.